The minimum atomic E-state index is 0.455. The molecule has 1 atom stereocenters. The van der Waals surface area contributed by atoms with E-state index < -0.39 is 0 Å². The second kappa shape index (κ2) is 6.93. The maximum absolute atomic E-state index is 6.09. The Morgan fingerprint density at radius 1 is 1.00 bits per heavy atom. The molecule has 0 saturated heterocycles. The number of fused-ring (bicyclic) bond motifs is 1. The summed E-state index contributed by atoms with van der Waals surface area (Å²) in [7, 11) is 0. The molecule has 2 N–H and O–H groups in total. The molecule has 1 fully saturated rings. The van der Waals surface area contributed by atoms with Crippen LogP contribution < -0.4 is 5.73 Å². The third-order valence-corrected chi connectivity index (χ3v) is 5.48. The molecule has 116 valence electrons. The van der Waals surface area contributed by atoms with Crippen LogP contribution in [0.4, 0.5) is 0 Å². The average molecular weight is 286 g/mol. The van der Waals surface area contributed by atoms with E-state index in [0.717, 1.165) is 12.1 Å². The van der Waals surface area contributed by atoms with E-state index in [-0.39, 0.29) is 0 Å². The van der Waals surface area contributed by atoms with E-state index >= 15 is 0 Å². The molecular weight excluding hydrogens is 256 g/mol. The summed E-state index contributed by atoms with van der Waals surface area (Å²) in [5, 5.41) is 0. The summed E-state index contributed by atoms with van der Waals surface area (Å²) in [6.07, 6.45) is 10.1. The van der Waals surface area contributed by atoms with Crippen molar-refractivity contribution in [1.82, 2.24) is 4.90 Å². The van der Waals surface area contributed by atoms with E-state index in [1.807, 2.05) is 0 Å². The Labute approximate surface area is 129 Å². The van der Waals surface area contributed by atoms with Crippen LogP contribution in [0.5, 0.6) is 0 Å². The zero-order valence-electron chi connectivity index (χ0n) is 13.4. The SMILES string of the molecule is CCCN(C1CCC(N)CC1)C1CCc2ccccc2C1. The summed E-state index contributed by atoms with van der Waals surface area (Å²) in [6, 6.07) is 11.0. The molecular formula is C19H30N2. The van der Waals surface area contributed by atoms with Crippen LogP contribution in [0, 0.1) is 0 Å². The Hall–Kier alpha value is -0.860. The van der Waals surface area contributed by atoms with Crippen molar-refractivity contribution in [3.05, 3.63) is 35.4 Å². The largest absolute Gasteiger partial charge is 0.328 e. The van der Waals surface area contributed by atoms with Crippen molar-refractivity contribution in [2.24, 2.45) is 5.73 Å². The topological polar surface area (TPSA) is 29.3 Å². The first kappa shape index (κ1) is 15.1. The number of hydrogen-bond donors (Lipinski definition) is 1. The number of hydrogen-bond acceptors (Lipinski definition) is 2. The highest BCUT2D eigenvalue weighted by Gasteiger charge is 2.30. The smallest absolute Gasteiger partial charge is 0.0142 e. The zero-order chi connectivity index (χ0) is 14.7. The summed E-state index contributed by atoms with van der Waals surface area (Å²) < 4.78 is 0. The van der Waals surface area contributed by atoms with Gasteiger partial charge in [-0.05, 0) is 69.0 Å². The first-order valence-electron chi connectivity index (χ1n) is 8.86. The van der Waals surface area contributed by atoms with Crippen molar-refractivity contribution in [3.63, 3.8) is 0 Å². The first-order valence-corrected chi connectivity index (χ1v) is 8.86. The van der Waals surface area contributed by atoms with Crippen LogP contribution in [-0.4, -0.2) is 29.6 Å². The van der Waals surface area contributed by atoms with E-state index in [1.165, 1.54) is 57.9 Å². The molecule has 21 heavy (non-hydrogen) atoms. The molecule has 0 bridgehead atoms. The predicted molar refractivity (Wildman–Crippen MR) is 89.5 cm³/mol. The molecule has 1 aromatic carbocycles. The molecule has 3 rings (SSSR count). The third-order valence-electron chi connectivity index (χ3n) is 5.48. The summed E-state index contributed by atoms with van der Waals surface area (Å²) >= 11 is 0. The lowest BCUT2D eigenvalue weighted by Gasteiger charge is -2.43. The zero-order valence-corrected chi connectivity index (χ0v) is 13.4. The van der Waals surface area contributed by atoms with Crippen LogP contribution in [0.25, 0.3) is 0 Å². The molecule has 0 aromatic heterocycles. The highest BCUT2D eigenvalue weighted by molar-refractivity contribution is 5.30. The first-order chi connectivity index (χ1) is 10.3. The van der Waals surface area contributed by atoms with E-state index in [1.54, 1.807) is 11.1 Å². The van der Waals surface area contributed by atoms with Crippen molar-refractivity contribution < 1.29 is 0 Å². The van der Waals surface area contributed by atoms with Gasteiger partial charge < -0.3 is 5.73 Å². The van der Waals surface area contributed by atoms with Crippen molar-refractivity contribution in [1.29, 1.82) is 0 Å². The molecule has 0 heterocycles. The van der Waals surface area contributed by atoms with Gasteiger partial charge in [0.1, 0.15) is 0 Å². The second-order valence-electron chi connectivity index (χ2n) is 6.97. The molecule has 0 radical (unpaired) electrons. The van der Waals surface area contributed by atoms with Crippen LogP contribution in [0.15, 0.2) is 24.3 Å². The van der Waals surface area contributed by atoms with Crippen molar-refractivity contribution in [2.45, 2.75) is 76.4 Å². The monoisotopic (exact) mass is 286 g/mol. The van der Waals surface area contributed by atoms with Crippen LogP contribution in [0.2, 0.25) is 0 Å². The fourth-order valence-electron chi connectivity index (χ4n) is 4.32. The summed E-state index contributed by atoms with van der Waals surface area (Å²) in [5.74, 6) is 0. The Bertz CT molecular complexity index is 449. The number of rotatable bonds is 4. The van der Waals surface area contributed by atoms with Gasteiger partial charge in [0, 0.05) is 18.1 Å². The van der Waals surface area contributed by atoms with Crippen molar-refractivity contribution in [3.8, 4) is 0 Å². The van der Waals surface area contributed by atoms with Crippen molar-refractivity contribution >= 4 is 0 Å². The van der Waals surface area contributed by atoms with Gasteiger partial charge in [-0.3, -0.25) is 4.90 Å². The molecule has 1 saturated carbocycles. The lowest BCUT2D eigenvalue weighted by atomic mass is 9.84. The molecule has 1 aromatic rings. The molecule has 2 nitrogen and oxygen atoms in total. The predicted octanol–water partition coefficient (Wildman–Crippen LogP) is 3.53. The molecule has 0 amide bonds. The minimum absolute atomic E-state index is 0.455. The lowest BCUT2D eigenvalue weighted by Crippen LogP contribution is -2.48. The van der Waals surface area contributed by atoms with E-state index in [2.05, 4.69) is 36.1 Å². The average Bonchev–Trinajstić information content (AvgIpc) is 2.53. The number of benzene rings is 1. The van der Waals surface area contributed by atoms with E-state index in [0.29, 0.717) is 6.04 Å². The molecule has 0 aliphatic heterocycles. The highest BCUT2D eigenvalue weighted by atomic mass is 15.2. The molecule has 2 heteroatoms. The van der Waals surface area contributed by atoms with Crippen LogP contribution >= 0.6 is 0 Å². The Morgan fingerprint density at radius 3 is 2.43 bits per heavy atom. The maximum Gasteiger partial charge on any atom is 0.0142 e. The van der Waals surface area contributed by atoms with Crippen LogP contribution in [0.3, 0.4) is 0 Å². The fourth-order valence-corrected chi connectivity index (χ4v) is 4.32. The quantitative estimate of drug-likeness (QED) is 0.917. The second-order valence-corrected chi connectivity index (χ2v) is 6.97. The summed E-state index contributed by atoms with van der Waals surface area (Å²) in [6.45, 7) is 3.57. The summed E-state index contributed by atoms with van der Waals surface area (Å²) in [5.41, 5.74) is 9.26. The molecule has 2 aliphatic rings. The number of nitrogens with two attached hydrogens (primary N) is 1. The van der Waals surface area contributed by atoms with Gasteiger partial charge in [-0.15, -0.1) is 0 Å². The Kier molecular flexibility index (Phi) is 4.97. The van der Waals surface area contributed by atoms with Gasteiger partial charge in [0.15, 0.2) is 0 Å². The third kappa shape index (κ3) is 3.49. The number of nitrogens with zero attached hydrogens (tertiary/aromatic N) is 1. The molecule has 2 aliphatic carbocycles. The summed E-state index contributed by atoms with van der Waals surface area (Å²) in [4.78, 5) is 2.84. The van der Waals surface area contributed by atoms with Gasteiger partial charge in [0.25, 0.3) is 0 Å². The molecule has 0 spiro atoms. The normalized spacial score (nSPS) is 29.4. The minimum Gasteiger partial charge on any atom is -0.328 e. The van der Waals surface area contributed by atoms with E-state index in [4.69, 9.17) is 5.73 Å². The standard InChI is InChI=1S/C19H30N2/c1-2-13-21(18-11-8-17(20)9-12-18)19-10-7-15-5-3-4-6-16(15)14-19/h3-6,17-19H,2,7-14,20H2,1H3. The van der Waals surface area contributed by atoms with Gasteiger partial charge in [0.05, 0.1) is 0 Å². The van der Waals surface area contributed by atoms with Gasteiger partial charge in [-0.25, -0.2) is 0 Å². The lowest BCUT2D eigenvalue weighted by molar-refractivity contribution is 0.0908. The fraction of sp³-hybridized carbons (Fsp3) is 0.684. The van der Waals surface area contributed by atoms with Gasteiger partial charge in [-0.2, -0.15) is 0 Å². The Morgan fingerprint density at radius 2 is 1.71 bits per heavy atom. The highest BCUT2D eigenvalue weighted by Crippen LogP contribution is 2.30. The van der Waals surface area contributed by atoms with Gasteiger partial charge >= 0.3 is 0 Å². The number of aryl methyl sites for hydroxylation is 1. The molecule has 1 unspecified atom stereocenters. The van der Waals surface area contributed by atoms with Crippen LogP contribution in [0.1, 0.15) is 56.6 Å². The van der Waals surface area contributed by atoms with E-state index in [9.17, 15) is 0 Å². The maximum atomic E-state index is 6.09. The van der Waals surface area contributed by atoms with Crippen molar-refractivity contribution in [2.75, 3.05) is 6.54 Å². The van der Waals surface area contributed by atoms with Gasteiger partial charge in [-0.1, -0.05) is 31.2 Å². The van der Waals surface area contributed by atoms with Gasteiger partial charge in [0.2, 0.25) is 0 Å². The van der Waals surface area contributed by atoms with Crippen LogP contribution in [-0.2, 0) is 12.8 Å². The Balaban J connectivity index is 1.70.